The third-order valence-corrected chi connectivity index (χ3v) is 5.64. The molecule has 0 amide bonds. The van der Waals surface area contributed by atoms with E-state index >= 15 is 0 Å². The number of hydrogen-bond acceptors (Lipinski definition) is 3. The molecule has 0 atom stereocenters. The monoisotopic (exact) mass is 398 g/mol. The van der Waals surface area contributed by atoms with Gasteiger partial charge in [-0.3, -0.25) is 4.79 Å². The predicted octanol–water partition coefficient (Wildman–Crippen LogP) is 5.65. The summed E-state index contributed by atoms with van der Waals surface area (Å²) in [4.78, 5) is 12.4. The fourth-order valence-electron chi connectivity index (χ4n) is 3.57. The number of carbonyl (C=O) groups excluding carboxylic acids is 1. The Hall–Kier alpha value is -1.84. The van der Waals surface area contributed by atoms with Crippen LogP contribution in [0.4, 0.5) is 5.69 Å². The second kappa shape index (κ2) is 9.11. The smallest absolute Gasteiger partial charge is 0.162 e. The van der Waals surface area contributed by atoms with Gasteiger partial charge in [-0.25, -0.2) is 0 Å². The fourth-order valence-corrected chi connectivity index (χ4v) is 3.81. The Morgan fingerprint density at radius 1 is 1.07 bits per heavy atom. The minimum absolute atomic E-state index is 0.183. The summed E-state index contributed by atoms with van der Waals surface area (Å²) < 4.78 is 0. The number of hydrogen-bond donors (Lipinski definition) is 2. The number of fused-ring (bicyclic) bond motifs is 1. The zero-order valence-corrected chi connectivity index (χ0v) is 18.0. The van der Waals surface area contributed by atoms with E-state index in [0.717, 1.165) is 54.2 Å². The Bertz CT molecular complexity index is 822. The molecule has 0 radical (unpaired) electrons. The van der Waals surface area contributed by atoms with Gasteiger partial charge in [-0.05, 0) is 60.5 Å². The number of Topliss-reactive ketones (excluding diaryl/α,β-unsaturated/α-hetero) is 1. The summed E-state index contributed by atoms with van der Waals surface area (Å²) in [6.45, 7) is 9.19. The normalized spacial score (nSPS) is 14.3. The van der Waals surface area contributed by atoms with Crippen LogP contribution in [0.3, 0.4) is 0 Å². The molecular weight excluding hydrogens is 368 g/mol. The van der Waals surface area contributed by atoms with E-state index in [9.17, 15) is 4.79 Å². The molecule has 150 valence electrons. The van der Waals surface area contributed by atoms with Crippen molar-refractivity contribution < 1.29 is 4.79 Å². The van der Waals surface area contributed by atoms with Crippen LogP contribution in [-0.4, -0.2) is 18.9 Å². The van der Waals surface area contributed by atoms with Crippen molar-refractivity contribution in [3.8, 4) is 0 Å². The molecule has 0 fully saturated rings. The first-order valence-corrected chi connectivity index (χ1v) is 10.6. The fraction of sp³-hybridized carbons (Fsp3) is 0.458. The van der Waals surface area contributed by atoms with Crippen molar-refractivity contribution in [2.24, 2.45) is 5.41 Å². The first-order chi connectivity index (χ1) is 13.3. The lowest BCUT2D eigenvalue weighted by molar-refractivity contribution is 0.0966. The minimum Gasteiger partial charge on any atom is -0.380 e. The first-order valence-electron chi connectivity index (χ1n) is 10.2. The van der Waals surface area contributed by atoms with Gasteiger partial charge < -0.3 is 10.6 Å². The number of benzene rings is 2. The van der Waals surface area contributed by atoms with Crippen LogP contribution in [0.15, 0.2) is 36.4 Å². The number of anilines is 1. The van der Waals surface area contributed by atoms with Crippen LogP contribution < -0.4 is 10.6 Å². The van der Waals surface area contributed by atoms with E-state index in [4.69, 9.17) is 11.6 Å². The van der Waals surface area contributed by atoms with Crippen molar-refractivity contribution in [3.05, 3.63) is 63.7 Å². The lowest BCUT2D eigenvalue weighted by Gasteiger charge is -2.17. The third-order valence-electron chi connectivity index (χ3n) is 5.33. The standard InChI is InChI=1S/C24H31ClN2O/c1-24(2,3)13-10-22(28)19-6-4-17(5-7-19)16-27-23-20-12-15-26-14-11-18(20)8-9-21(23)25/h4-9,26-27H,10-16H2,1-3H3. The van der Waals surface area contributed by atoms with Crippen LogP contribution in [0.2, 0.25) is 5.02 Å². The Morgan fingerprint density at radius 2 is 1.79 bits per heavy atom. The van der Waals surface area contributed by atoms with Crippen molar-refractivity contribution in [1.82, 2.24) is 5.32 Å². The second-order valence-corrected chi connectivity index (χ2v) is 9.25. The minimum atomic E-state index is 0.183. The summed E-state index contributed by atoms with van der Waals surface area (Å²) in [6.07, 6.45) is 3.52. The van der Waals surface area contributed by atoms with E-state index in [2.05, 4.69) is 37.5 Å². The second-order valence-electron chi connectivity index (χ2n) is 8.84. The molecule has 0 spiro atoms. The number of nitrogens with one attached hydrogen (secondary N) is 2. The van der Waals surface area contributed by atoms with Gasteiger partial charge in [-0.15, -0.1) is 0 Å². The average molecular weight is 399 g/mol. The SMILES string of the molecule is CC(C)(C)CCC(=O)c1ccc(CNc2c(Cl)ccc3c2CCNCC3)cc1. The van der Waals surface area contributed by atoms with Gasteiger partial charge in [0.25, 0.3) is 0 Å². The average Bonchev–Trinajstić information content (AvgIpc) is 2.91. The maximum Gasteiger partial charge on any atom is 0.162 e. The lowest BCUT2D eigenvalue weighted by atomic mass is 9.88. The molecule has 0 aromatic heterocycles. The van der Waals surface area contributed by atoms with Gasteiger partial charge in [0.05, 0.1) is 10.7 Å². The zero-order chi connectivity index (χ0) is 20.1. The van der Waals surface area contributed by atoms with Gasteiger partial charge in [-0.2, -0.15) is 0 Å². The highest BCUT2D eigenvalue weighted by molar-refractivity contribution is 6.33. The Balaban J connectivity index is 1.65. The molecule has 3 nitrogen and oxygen atoms in total. The number of carbonyl (C=O) groups is 1. The highest BCUT2D eigenvalue weighted by Gasteiger charge is 2.16. The van der Waals surface area contributed by atoms with Crippen LogP contribution >= 0.6 is 11.6 Å². The quantitative estimate of drug-likeness (QED) is 0.618. The van der Waals surface area contributed by atoms with E-state index in [-0.39, 0.29) is 11.2 Å². The molecular formula is C24H31ClN2O. The summed E-state index contributed by atoms with van der Waals surface area (Å²) in [5.41, 5.74) is 5.87. The van der Waals surface area contributed by atoms with Crippen molar-refractivity contribution >= 4 is 23.1 Å². The highest BCUT2D eigenvalue weighted by Crippen LogP contribution is 2.31. The van der Waals surface area contributed by atoms with Crippen molar-refractivity contribution in [1.29, 1.82) is 0 Å². The van der Waals surface area contributed by atoms with Crippen LogP contribution in [0, 0.1) is 5.41 Å². The molecule has 2 N–H and O–H groups in total. The molecule has 1 aliphatic heterocycles. The van der Waals surface area contributed by atoms with Gasteiger partial charge in [0.1, 0.15) is 0 Å². The molecule has 1 heterocycles. The Morgan fingerprint density at radius 3 is 2.50 bits per heavy atom. The highest BCUT2D eigenvalue weighted by atomic mass is 35.5. The van der Waals surface area contributed by atoms with Crippen LogP contribution in [0.1, 0.15) is 60.7 Å². The summed E-state index contributed by atoms with van der Waals surface area (Å²) in [7, 11) is 0. The molecule has 3 rings (SSSR count). The number of halogens is 1. The maximum atomic E-state index is 12.4. The van der Waals surface area contributed by atoms with E-state index < -0.39 is 0 Å². The van der Waals surface area contributed by atoms with Gasteiger partial charge in [0.15, 0.2) is 5.78 Å². The van der Waals surface area contributed by atoms with Gasteiger partial charge in [-0.1, -0.05) is 62.7 Å². The third kappa shape index (κ3) is 5.59. The molecule has 0 aliphatic carbocycles. The summed E-state index contributed by atoms with van der Waals surface area (Å²) in [6, 6.07) is 12.1. The molecule has 2 aromatic carbocycles. The van der Waals surface area contributed by atoms with Crippen molar-refractivity contribution in [3.63, 3.8) is 0 Å². The predicted molar refractivity (Wildman–Crippen MR) is 119 cm³/mol. The van der Waals surface area contributed by atoms with Gasteiger partial charge in [0.2, 0.25) is 0 Å². The number of rotatable bonds is 6. The van der Waals surface area contributed by atoms with E-state index in [1.165, 1.54) is 11.1 Å². The Kier molecular flexibility index (Phi) is 6.79. The van der Waals surface area contributed by atoms with E-state index in [0.29, 0.717) is 13.0 Å². The van der Waals surface area contributed by atoms with Crippen LogP contribution in [-0.2, 0) is 19.4 Å². The lowest BCUT2D eigenvalue weighted by Crippen LogP contribution is -2.16. The molecule has 4 heteroatoms. The summed E-state index contributed by atoms with van der Waals surface area (Å²) in [5, 5.41) is 7.76. The maximum absolute atomic E-state index is 12.4. The summed E-state index contributed by atoms with van der Waals surface area (Å²) >= 11 is 6.49. The van der Waals surface area contributed by atoms with Gasteiger partial charge >= 0.3 is 0 Å². The Labute approximate surface area is 173 Å². The molecule has 0 bridgehead atoms. The van der Waals surface area contributed by atoms with Gasteiger partial charge in [0, 0.05) is 18.5 Å². The molecule has 0 saturated carbocycles. The molecule has 28 heavy (non-hydrogen) atoms. The number of ketones is 1. The topological polar surface area (TPSA) is 41.1 Å². The van der Waals surface area contributed by atoms with E-state index in [1.807, 2.05) is 30.3 Å². The van der Waals surface area contributed by atoms with Crippen molar-refractivity contribution in [2.45, 2.75) is 53.0 Å². The van der Waals surface area contributed by atoms with Crippen LogP contribution in [0.5, 0.6) is 0 Å². The zero-order valence-electron chi connectivity index (χ0n) is 17.2. The molecule has 0 unspecified atom stereocenters. The first kappa shape index (κ1) is 20.9. The molecule has 1 aliphatic rings. The largest absolute Gasteiger partial charge is 0.380 e. The molecule has 2 aromatic rings. The summed E-state index contributed by atoms with van der Waals surface area (Å²) in [5.74, 6) is 0.221. The van der Waals surface area contributed by atoms with Crippen molar-refractivity contribution in [2.75, 3.05) is 18.4 Å². The molecule has 0 saturated heterocycles. The van der Waals surface area contributed by atoms with E-state index in [1.54, 1.807) is 0 Å². The van der Waals surface area contributed by atoms with Crippen LogP contribution in [0.25, 0.3) is 0 Å².